The van der Waals surface area contributed by atoms with Crippen LogP contribution in [0.25, 0.3) is 0 Å². The van der Waals surface area contributed by atoms with E-state index in [0.717, 1.165) is 35.8 Å². The van der Waals surface area contributed by atoms with Gasteiger partial charge in [-0.1, -0.05) is 67.0 Å². The Morgan fingerprint density at radius 1 is 1.02 bits per heavy atom. The fraction of sp³-hybridized carbons (Fsp3) is 0.361. The lowest BCUT2D eigenvalue weighted by atomic mass is 9.72. The molecule has 222 valence electrons. The summed E-state index contributed by atoms with van der Waals surface area (Å²) in [6, 6.07) is 2.31. The third kappa shape index (κ3) is 7.96. The summed E-state index contributed by atoms with van der Waals surface area (Å²) in [4.78, 5) is 39.0. The van der Waals surface area contributed by atoms with Crippen LogP contribution in [0.3, 0.4) is 0 Å². The van der Waals surface area contributed by atoms with Crippen LogP contribution in [0, 0.1) is 5.41 Å². The van der Waals surface area contributed by atoms with Gasteiger partial charge in [-0.25, -0.2) is 4.79 Å². The van der Waals surface area contributed by atoms with Gasteiger partial charge in [-0.2, -0.15) is 0 Å². The topological polar surface area (TPSA) is 101 Å². The Kier molecular flexibility index (Phi) is 10.5. The number of ketones is 2. The minimum Gasteiger partial charge on any atom is -0.507 e. The number of phenolic OH excluding ortho intramolecular Hbond substituents is 2. The Labute approximate surface area is 249 Å². The number of carbonyl (C=O) groups excluding carboxylic acids is 3. The van der Waals surface area contributed by atoms with Gasteiger partial charge in [0, 0.05) is 18.1 Å². The summed E-state index contributed by atoms with van der Waals surface area (Å²) >= 11 is 0. The Hall–Kier alpha value is -4.19. The Morgan fingerprint density at radius 2 is 1.69 bits per heavy atom. The predicted octanol–water partition coefficient (Wildman–Crippen LogP) is 8.20. The summed E-state index contributed by atoms with van der Waals surface area (Å²) < 4.78 is 5.67. The maximum absolute atomic E-state index is 13.3. The van der Waals surface area contributed by atoms with Crippen molar-refractivity contribution in [3.05, 3.63) is 105 Å². The van der Waals surface area contributed by atoms with Crippen LogP contribution in [0.5, 0.6) is 11.5 Å². The highest BCUT2D eigenvalue weighted by Gasteiger charge is 2.35. The molecule has 0 amide bonds. The van der Waals surface area contributed by atoms with E-state index in [2.05, 4.69) is 32.9 Å². The number of hydrogen-bond acceptors (Lipinski definition) is 6. The fourth-order valence-corrected chi connectivity index (χ4v) is 5.34. The largest absolute Gasteiger partial charge is 0.507 e. The van der Waals surface area contributed by atoms with Crippen molar-refractivity contribution in [1.29, 1.82) is 0 Å². The number of aromatic hydroxyl groups is 2. The number of benzene rings is 1. The SMILES string of the molecule is CC(C)=CC[C@@H](OC(=O)/C=C(C)/C=C/C=C(C)/C=C/C1=C(C)CCCC1(C)C)C1=CC(=O)c2c(O)ccc(O)c2C1=O. The lowest BCUT2D eigenvalue weighted by Crippen LogP contribution is -2.28. The zero-order valence-corrected chi connectivity index (χ0v) is 25.7. The van der Waals surface area contributed by atoms with Crippen LogP contribution in [-0.4, -0.2) is 33.9 Å². The van der Waals surface area contributed by atoms with E-state index in [1.165, 1.54) is 30.1 Å². The summed E-state index contributed by atoms with van der Waals surface area (Å²) in [6.07, 6.45) is 16.8. The van der Waals surface area contributed by atoms with Crippen LogP contribution in [0.2, 0.25) is 0 Å². The van der Waals surface area contributed by atoms with Crippen molar-refractivity contribution in [3.63, 3.8) is 0 Å². The smallest absolute Gasteiger partial charge is 0.331 e. The number of rotatable bonds is 9. The Balaban J connectivity index is 1.76. The average Bonchev–Trinajstić information content (AvgIpc) is 2.89. The molecule has 1 atom stereocenters. The van der Waals surface area contributed by atoms with Crippen LogP contribution >= 0.6 is 0 Å². The van der Waals surface area contributed by atoms with Gasteiger partial charge in [0.15, 0.2) is 11.6 Å². The molecule has 0 heterocycles. The number of ether oxygens (including phenoxy) is 1. The zero-order chi connectivity index (χ0) is 31.2. The Bertz CT molecular complexity index is 1480. The van der Waals surface area contributed by atoms with Crippen LogP contribution < -0.4 is 0 Å². The van der Waals surface area contributed by atoms with Crippen LogP contribution in [0.4, 0.5) is 0 Å². The first-order chi connectivity index (χ1) is 19.7. The van der Waals surface area contributed by atoms with Crippen molar-refractivity contribution >= 4 is 17.5 Å². The minimum atomic E-state index is -1.05. The standard InChI is InChI=1S/C36H42O6/c1-22(2)13-18-31(26-21-30(39)33-28(37)16-17-29(38)34(33)35(26)41)42-32(40)20-24(4)11-8-10-23(3)14-15-27-25(5)12-9-19-36(27,6)7/h8,10-11,13-17,20-21,31,37-38H,9,12,18-19H2,1-7H3/b11-8+,15-14+,23-10+,24-20+/t31-/m1/s1. The van der Waals surface area contributed by atoms with Crippen LogP contribution in [0.1, 0.15) is 94.9 Å². The lowest BCUT2D eigenvalue weighted by Gasteiger charge is -2.32. The van der Waals surface area contributed by atoms with Gasteiger partial charge in [0.2, 0.25) is 0 Å². The molecule has 0 aliphatic heterocycles. The second-order valence-electron chi connectivity index (χ2n) is 12.0. The molecule has 6 heteroatoms. The normalized spacial score (nSPS) is 18.3. The molecule has 2 aliphatic carbocycles. The zero-order valence-electron chi connectivity index (χ0n) is 25.7. The van der Waals surface area contributed by atoms with E-state index in [1.807, 2.05) is 32.9 Å². The molecule has 6 nitrogen and oxygen atoms in total. The molecule has 0 aromatic heterocycles. The molecule has 0 radical (unpaired) electrons. The molecule has 1 aromatic rings. The summed E-state index contributed by atoms with van der Waals surface area (Å²) in [6.45, 7) is 14.3. The van der Waals surface area contributed by atoms with Crippen LogP contribution in [0.15, 0.2) is 94.2 Å². The fourth-order valence-electron chi connectivity index (χ4n) is 5.34. The van der Waals surface area contributed by atoms with Gasteiger partial charge in [0.1, 0.15) is 17.6 Å². The third-order valence-corrected chi connectivity index (χ3v) is 7.65. The molecule has 0 saturated heterocycles. The molecular formula is C36H42O6. The van der Waals surface area contributed by atoms with Crippen molar-refractivity contribution in [3.8, 4) is 11.5 Å². The van der Waals surface area contributed by atoms with Crippen molar-refractivity contribution in [2.45, 2.75) is 80.3 Å². The average molecular weight is 571 g/mol. The lowest BCUT2D eigenvalue weighted by molar-refractivity contribution is -0.141. The second kappa shape index (κ2) is 13.6. The molecule has 2 N–H and O–H groups in total. The maximum atomic E-state index is 13.3. The highest BCUT2D eigenvalue weighted by atomic mass is 16.5. The van der Waals surface area contributed by atoms with Gasteiger partial charge in [0.25, 0.3) is 0 Å². The molecule has 2 aliphatic rings. The third-order valence-electron chi connectivity index (χ3n) is 7.65. The van der Waals surface area contributed by atoms with Gasteiger partial charge in [-0.3, -0.25) is 9.59 Å². The summed E-state index contributed by atoms with van der Waals surface area (Å²) in [5.74, 6) is -2.80. The summed E-state index contributed by atoms with van der Waals surface area (Å²) in [5.41, 5.74) is 5.07. The minimum absolute atomic E-state index is 0.0577. The van der Waals surface area contributed by atoms with E-state index in [4.69, 9.17) is 4.74 Å². The summed E-state index contributed by atoms with van der Waals surface area (Å²) in [7, 11) is 0. The molecule has 0 spiro atoms. The van der Waals surface area contributed by atoms with E-state index in [0.29, 0.717) is 5.57 Å². The van der Waals surface area contributed by atoms with Crippen LogP contribution in [-0.2, 0) is 9.53 Å². The molecule has 42 heavy (non-hydrogen) atoms. The Morgan fingerprint density at radius 3 is 2.33 bits per heavy atom. The molecule has 0 saturated carbocycles. The first kappa shape index (κ1) is 32.3. The van der Waals surface area contributed by atoms with E-state index in [-0.39, 0.29) is 28.5 Å². The second-order valence-corrected chi connectivity index (χ2v) is 12.0. The van der Waals surface area contributed by atoms with E-state index in [1.54, 1.807) is 19.1 Å². The number of phenols is 2. The number of esters is 1. The quantitative estimate of drug-likeness (QED) is 0.102. The van der Waals surface area contributed by atoms with Gasteiger partial charge >= 0.3 is 5.97 Å². The monoisotopic (exact) mass is 570 g/mol. The highest BCUT2D eigenvalue weighted by molar-refractivity contribution is 6.27. The van der Waals surface area contributed by atoms with Crippen molar-refractivity contribution in [1.82, 2.24) is 0 Å². The number of hydrogen-bond donors (Lipinski definition) is 2. The molecule has 3 rings (SSSR count). The molecule has 0 bridgehead atoms. The molecule has 1 aromatic carbocycles. The van der Waals surface area contributed by atoms with Crippen molar-refractivity contribution in [2.75, 3.05) is 0 Å². The number of fused-ring (bicyclic) bond motifs is 1. The predicted molar refractivity (Wildman–Crippen MR) is 167 cm³/mol. The molecular weight excluding hydrogens is 528 g/mol. The highest BCUT2D eigenvalue weighted by Crippen LogP contribution is 2.41. The molecule has 0 unspecified atom stereocenters. The van der Waals surface area contributed by atoms with E-state index < -0.39 is 35.1 Å². The van der Waals surface area contributed by atoms with Crippen molar-refractivity contribution < 1.29 is 29.3 Å². The number of allylic oxidation sites excluding steroid dienone is 11. The first-order valence-corrected chi connectivity index (χ1v) is 14.3. The van der Waals surface area contributed by atoms with Gasteiger partial charge in [-0.05, 0) is 88.7 Å². The van der Waals surface area contributed by atoms with E-state index >= 15 is 0 Å². The van der Waals surface area contributed by atoms with Gasteiger partial charge in [0.05, 0.1) is 11.1 Å². The number of Topliss-reactive ketones (excluding diaryl/α,β-unsaturated/α-hetero) is 1. The van der Waals surface area contributed by atoms with E-state index in [9.17, 15) is 24.6 Å². The number of carbonyl (C=O) groups is 3. The summed E-state index contributed by atoms with van der Waals surface area (Å²) in [5, 5.41) is 20.4. The van der Waals surface area contributed by atoms with Crippen molar-refractivity contribution in [2.24, 2.45) is 5.41 Å². The molecule has 0 fully saturated rings. The maximum Gasteiger partial charge on any atom is 0.331 e. The first-order valence-electron chi connectivity index (χ1n) is 14.3. The van der Waals surface area contributed by atoms with Gasteiger partial charge in [-0.15, -0.1) is 0 Å². The van der Waals surface area contributed by atoms with Gasteiger partial charge < -0.3 is 14.9 Å².